The van der Waals surface area contributed by atoms with E-state index in [9.17, 15) is 4.79 Å². The van der Waals surface area contributed by atoms with E-state index in [0.29, 0.717) is 6.54 Å². The number of furan rings is 1. The van der Waals surface area contributed by atoms with E-state index in [1.807, 2.05) is 24.0 Å². The van der Waals surface area contributed by atoms with Gasteiger partial charge in [0.25, 0.3) is 0 Å². The third-order valence-corrected chi connectivity index (χ3v) is 4.29. The van der Waals surface area contributed by atoms with Crippen LogP contribution in [-0.4, -0.2) is 30.4 Å². The van der Waals surface area contributed by atoms with Crippen molar-refractivity contribution in [3.05, 3.63) is 24.2 Å². The summed E-state index contributed by atoms with van der Waals surface area (Å²) in [6, 6.07) is 3.80. The average Bonchev–Trinajstić information content (AvgIpc) is 2.97. The molecule has 1 saturated heterocycles. The molecule has 2 heterocycles. The number of carbonyl (C=O) groups excluding carboxylic acids is 1. The van der Waals surface area contributed by atoms with Crippen LogP contribution in [0.25, 0.3) is 0 Å². The molecule has 19 heavy (non-hydrogen) atoms. The molecule has 0 spiro atoms. The lowest BCUT2D eigenvalue weighted by molar-refractivity contribution is -0.144. The number of piperidine rings is 1. The first-order valence-corrected chi connectivity index (χ1v) is 7.24. The highest BCUT2D eigenvalue weighted by Gasteiger charge is 2.40. The zero-order valence-corrected chi connectivity index (χ0v) is 11.9. The molecule has 1 aromatic rings. The van der Waals surface area contributed by atoms with E-state index in [1.165, 1.54) is 0 Å². The topological polar surface area (TPSA) is 45.5 Å². The molecule has 1 amide bonds. The Morgan fingerprint density at radius 3 is 2.68 bits per heavy atom. The quantitative estimate of drug-likeness (QED) is 0.888. The van der Waals surface area contributed by atoms with Crippen molar-refractivity contribution in [3.8, 4) is 0 Å². The van der Waals surface area contributed by atoms with Crippen LogP contribution in [-0.2, 0) is 11.3 Å². The first-order chi connectivity index (χ1) is 9.22. The molecule has 0 radical (unpaired) electrons. The molecule has 0 aromatic carbocycles. The van der Waals surface area contributed by atoms with E-state index in [1.54, 1.807) is 6.26 Å². The molecular formula is C15H24N2O2. The number of hydrogen-bond acceptors (Lipinski definition) is 3. The van der Waals surface area contributed by atoms with Crippen LogP contribution in [0, 0.1) is 5.41 Å². The summed E-state index contributed by atoms with van der Waals surface area (Å²) < 4.78 is 5.36. The Morgan fingerprint density at radius 2 is 2.16 bits per heavy atom. The van der Waals surface area contributed by atoms with Gasteiger partial charge in [0.1, 0.15) is 5.76 Å². The summed E-state index contributed by atoms with van der Waals surface area (Å²) in [6.45, 7) is 7.36. The standard InChI is InChI=1S/C15H24N2O2/c1-3-15(7-9-16-10-8-15)14(18)17(4-2)12-13-6-5-11-19-13/h5-6,11,16H,3-4,7-10,12H2,1-2H3. The van der Waals surface area contributed by atoms with Gasteiger partial charge in [0, 0.05) is 6.54 Å². The largest absolute Gasteiger partial charge is 0.467 e. The number of carbonyl (C=O) groups is 1. The average molecular weight is 264 g/mol. The minimum Gasteiger partial charge on any atom is -0.467 e. The van der Waals surface area contributed by atoms with Crippen LogP contribution in [0.1, 0.15) is 38.9 Å². The van der Waals surface area contributed by atoms with E-state index in [2.05, 4.69) is 12.2 Å². The first kappa shape index (κ1) is 14.1. The molecule has 0 bridgehead atoms. The van der Waals surface area contributed by atoms with Gasteiger partial charge in [-0.15, -0.1) is 0 Å². The first-order valence-electron chi connectivity index (χ1n) is 7.24. The number of nitrogens with one attached hydrogen (secondary N) is 1. The highest BCUT2D eigenvalue weighted by Crippen LogP contribution is 2.35. The molecule has 106 valence electrons. The van der Waals surface area contributed by atoms with Gasteiger partial charge in [0.2, 0.25) is 5.91 Å². The normalized spacial score (nSPS) is 18.2. The predicted molar refractivity (Wildman–Crippen MR) is 74.6 cm³/mol. The lowest BCUT2D eigenvalue weighted by atomic mass is 9.75. The Labute approximate surface area is 115 Å². The van der Waals surface area contributed by atoms with Crippen molar-refractivity contribution < 1.29 is 9.21 Å². The molecule has 1 aliphatic rings. The Hall–Kier alpha value is -1.29. The molecule has 0 unspecified atom stereocenters. The molecule has 0 saturated carbocycles. The maximum Gasteiger partial charge on any atom is 0.229 e. The van der Waals surface area contributed by atoms with Gasteiger partial charge in [-0.05, 0) is 51.4 Å². The van der Waals surface area contributed by atoms with Gasteiger partial charge in [-0.1, -0.05) is 6.92 Å². The summed E-state index contributed by atoms with van der Waals surface area (Å²) in [6.07, 6.45) is 4.46. The fourth-order valence-electron chi connectivity index (χ4n) is 2.88. The molecule has 0 atom stereocenters. The summed E-state index contributed by atoms with van der Waals surface area (Å²) in [5.74, 6) is 1.14. The number of rotatable bonds is 5. The van der Waals surface area contributed by atoms with E-state index in [-0.39, 0.29) is 11.3 Å². The highest BCUT2D eigenvalue weighted by atomic mass is 16.3. The van der Waals surface area contributed by atoms with Crippen molar-refractivity contribution in [2.24, 2.45) is 5.41 Å². The van der Waals surface area contributed by atoms with Gasteiger partial charge in [-0.3, -0.25) is 4.79 Å². The lowest BCUT2D eigenvalue weighted by Gasteiger charge is -2.39. The van der Waals surface area contributed by atoms with Gasteiger partial charge in [0.05, 0.1) is 18.2 Å². The van der Waals surface area contributed by atoms with Crippen molar-refractivity contribution in [1.82, 2.24) is 10.2 Å². The number of amides is 1. The Balaban J connectivity index is 2.10. The second-order valence-corrected chi connectivity index (χ2v) is 5.28. The van der Waals surface area contributed by atoms with Crippen LogP contribution in [0.3, 0.4) is 0 Å². The summed E-state index contributed by atoms with van der Waals surface area (Å²) in [5, 5.41) is 3.34. The molecule has 1 N–H and O–H groups in total. The molecular weight excluding hydrogens is 240 g/mol. The molecule has 1 fully saturated rings. The summed E-state index contributed by atoms with van der Waals surface area (Å²) in [7, 11) is 0. The third-order valence-electron chi connectivity index (χ3n) is 4.29. The van der Waals surface area contributed by atoms with Crippen LogP contribution < -0.4 is 5.32 Å². The van der Waals surface area contributed by atoms with Crippen LogP contribution in [0.2, 0.25) is 0 Å². The number of hydrogen-bond donors (Lipinski definition) is 1. The van der Waals surface area contributed by atoms with Crippen molar-refractivity contribution in [2.75, 3.05) is 19.6 Å². The maximum absolute atomic E-state index is 12.9. The summed E-state index contributed by atoms with van der Waals surface area (Å²) in [5.41, 5.74) is -0.173. The predicted octanol–water partition coefficient (Wildman–Crippen LogP) is 2.41. The van der Waals surface area contributed by atoms with E-state index in [4.69, 9.17) is 4.42 Å². The van der Waals surface area contributed by atoms with Crippen molar-refractivity contribution in [3.63, 3.8) is 0 Å². The maximum atomic E-state index is 12.9. The Kier molecular flexibility index (Phi) is 4.64. The second-order valence-electron chi connectivity index (χ2n) is 5.28. The monoisotopic (exact) mass is 264 g/mol. The van der Waals surface area contributed by atoms with E-state index >= 15 is 0 Å². The van der Waals surface area contributed by atoms with Crippen LogP contribution in [0.5, 0.6) is 0 Å². The summed E-state index contributed by atoms with van der Waals surface area (Å²) in [4.78, 5) is 14.8. The van der Waals surface area contributed by atoms with E-state index < -0.39 is 0 Å². The third kappa shape index (κ3) is 3.00. The zero-order chi connectivity index (χ0) is 13.7. The molecule has 2 rings (SSSR count). The van der Waals surface area contributed by atoms with Gasteiger partial charge >= 0.3 is 0 Å². The van der Waals surface area contributed by atoms with Crippen molar-refractivity contribution >= 4 is 5.91 Å². The van der Waals surface area contributed by atoms with Crippen LogP contribution in [0.15, 0.2) is 22.8 Å². The molecule has 1 aromatic heterocycles. The molecule has 4 nitrogen and oxygen atoms in total. The molecule has 1 aliphatic heterocycles. The van der Waals surface area contributed by atoms with Gasteiger partial charge in [0.15, 0.2) is 0 Å². The van der Waals surface area contributed by atoms with Gasteiger partial charge in [-0.25, -0.2) is 0 Å². The second kappa shape index (κ2) is 6.24. The molecule has 4 heteroatoms. The minimum atomic E-state index is -0.173. The minimum absolute atomic E-state index is 0.173. The van der Waals surface area contributed by atoms with Crippen molar-refractivity contribution in [2.45, 2.75) is 39.7 Å². The lowest BCUT2D eigenvalue weighted by Crippen LogP contribution is -2.48. The van der Waals surface area contributed by atoms with Gasteiger partial charge < -0.3 is 14.6 Å². The number of nitrogens with zero attached hydrogens (tertiary/aromatic N) is 1. The SMILES string of the molecule is CCN(Cc1ccco1)C(=O)C1(CC)CCNCC1. The Morgan fingerprint density at radius 1 is 1.42 bits per heavy atom. The molecule has 0 aliphatic carbocycles. The zero-order valence-electron chi connectivity index (χ0n) is 11.9. The van der Waals surface area contributed by atoms with Crippen molar-refractivity contribution in [1.29, 1.82) is 0 Å². The fourth-order valence-corrected chi connectivity index (χ4v) is 2.88. The van der Waals surface area contributed by atoms with Crippen LogP contribution >= 0.6 is 0 Å². The Bertz CT molecular complexity index is 394. The highest BCUT2D eigenvalue weighted by molar-refractivity contribution is 5.82. The van der Waals surface area contributed by atoms with Gasteiger partial charge in [-0.2, -0.15) is 0 Å². The van der Waals surface area contributed by atoms with E-state index in [0.717, 1.165) is 44.7 Å². The smallest absolute Gasteiger partial charge is 0.229 e. The summed E-state index contributed by atoms with van der Waals surface area (Å²) >= 11 is 0. The fraction of sp³-hybridized carbons (Fsp3) is 0.667. The van der Waals surface area contributed by atoms with Crippen LogP contribution in [0.4, 0.5) is 0 Å².